The molecule has 6 atom stereocenters. The molecular formula is C30H44O4. The quantitative estimate of drug-likeness (QED) is 0.444. The summed E-state index contributed by atoms with van der Waals surface area (Å²) in [5.74, 6) is -0.401. The van der Waals surface area contributed by atoms with E-state index in [0.717, 1.165) is 44.1 Å². The van der Waals surface area contributed by atoms with Gasteiger partial charge in [-0.25, -0.2) is 0 Å². The number of aliphatic carboxylic acids is 1. The molecule has 0 heterocycles. The van der Waals surface area contributed by atoms with E-state index in [4.69, 9.17) is 0 Å². The summed E-state index contributed by atoms with van der Waals surface area (Å²) in [6.07, 6.45) is 9.02. The zero-order chi connectivity index (χ0) is 25.3. The van der Waals surface area contributed by atoms with Crippen molar-refractivity contribution in [3.63, 3.8) is 0 Å². The second kappa shape index (κ2) is 8.17. The van der Waals surface area contributed by atoms with Gasteiger partial charge in [-0.1, -0.05) is 51.8 Å². The van der Waals surface area contributed by atoms with Crippen molar-refractivity contribution >= 4 is 17.5 Å². The summed E-state index contributed by atoms with van der Waals surface area (Å²) >= 11 is 0. The molecule has 0 aromatic rings. The van der Waals surface area contributed by atoms with Gasteiger partial charge in [0.25, 0.3) is 0 Å². The number of rotatable bonds is 5. The molecule has 2 fully saturated rings. The molecule has 2 saturated carbocycles. The van der Waals surface area contributed by atoms with Gasteiger partial charge < -0.3 is 5.11 Å². The molecule has 0 aromatic heterocycles. The Morgan fingerprint density at radius 1 is 1.06 bits per heavy atom. The van der Waals surface area contributed by atoms with E-state index in [-0.39, 0.29) is 39.8 Å². The van der Waals surface area contributed by atoms with E-state index < -0.39 is 11.4 Å². The minimum atomic E-state index is -0.688. The predicted octanol–water partition coefficient (Wildman–Crippen LogP) is 6.93. The van der Waals surface area contributed by atoms with E-state index in [2.05, 4.69) is 40.7 Å². The zero-order valence-corrected chi connectivity index (χ0v) is 22.3. The molecule has 0 saturated heterocycles. The number of fused-ring (bicyclic) bond motifs is 4. The average molecular weight is 469 g/mol. The van der Waals surface area contributed by atoms with Gasteiger partial charge in [0.2, 0.25) is 0 Å². The summed E-state index contributed by atoms with van der Waals surface area (Å²) in [4.78, 5) is 39.1. The van der Waals surface area contributed by atoms with Crippen LogP contribution in [-0.4, -0.2) is 22.6 Å². The number of Topliss-reactive ketones (excluding diaryl/α,β-unsaturated/α-hetero) is 2. The van der Waals surface area contributed by atoms with E-state index in [1.54, 1.807) is 0 Å². The van der Waals surface area contributed by atoms with Gasteiger partial charge in [-0.05, 0) is 81.5 Å². The Morgan fingerprint density at radius 3 is 2.35 bits per heavy atom. The maximum Gasteiger partial charge on any atom is 0.306 e. The molecule has 188 valence electrons. The number of hydrogen-bond donors (Lipinski definition) is 1. The second-order valence-corrected chi connectivity index (χ2v) is 13.3. The standard InChI is InChI=1S/C30H44O4/c1-18(2)9-8-10-19(26(33)34)20-11-16-30(7)25-21(12-15-29(20,30)6)28(5)14-13-24(32)27(3,4)23(28)17-22(25)31/h9,19-20,23H,8,10-17H2,1-7H3,(H,33,34)/t19-,20-,23+,28-,29+,30+/m0/s1. The Hall–Kier alpha value is -1.71. The lowest BCUT2D eigenvalue weighted by Crippen LogP contribution is -2.56. The summed E-state index contributed by atoms with van der Waals surface area (Å²) in [6.45, 7) is 15.0. The molecule has 0 bridgehead atoms. The highest BCUT2D eigenvalue weighted by molar-refractivity contribution is 6.00. The molecule has 0 aromatic carbocycles. The minimum absolute atomic E-state index is 0.0634. The third-order valence-electron chi connectivity index (χ3n) is 11.2. The minimum Gasteiger partial charge on any atom is -0.481 e. The average Bonchev–Trinajstić information content (AvgIpc) is 3.01. The van der Waals surface area contributed by atoms with Crippen molar-refractivity contribution in [1.29, 1.82) is 0 Å². The molecule has 0 aliphatic heterocycles. The third-order valence-corrected chi connectivity index (χ3v) is 11.2. The van der Waals surface area contributed by atoms with Crippen LogP contribution >= 0.6 is 0 Å². The highest BCUT2D eigenvalue weighted by atomic mass is 16.4. The predicted molar refractivity (Wildman–Crippen MR) is 134 cm³/mol. The normalized spacial score (nSPS) is 39.7. The number of hydrogen-bond acceptors (Lipinski definition) is 3. The summed E-state index contributed by atoms with van der Waals surface area (Å²) in [7, 11) is 0. The zero-order valence-electron chi connectivity index (χ0n) is 22.3. The lowest BCUT2D eigenvalue weighted by molar-refractivity contribution is -0.147. The van der Waals surface area contributed by atoms with Crippen LogP contribution in [0.25, 0.3) is 0 Å². The van der Waals surface area contributed by atoms with Crippen molar-refractivity contribution < 1.29 is 19.5 Å². The smallest absolute Gasteiger partial charge is 0.306 e. The first-order valence-electron chi connectivity index (χ1n) is 13.4. The maximum absolute atomic E-state index is 13.9. The van der Waals surface area contributed by atoms with Crippen LogP contribution in [0.1, 0.15) is 106 Å². The first-order valence-corrected chi connectivity index (χ1v) is 13.4. The maximum atomic E-state index is 13.9. The summed E-state index contributed by atoms with van der Waals surface area (Å²) in [5, 5.41) is 10.2. The Kier molecular flexibility index (Phi) is 6.10. The highest BCUT2D eigenvalue weighted by Gasteiger charge is 2.66. The number of carboxylic acids is 1. The highest BCUT2D eigenvalue weighted by Crippen LogP contribution is 2.71. The molecule has 0 amide bonds. The summed E-state index contributed by atoms with van der Waals surface area (Å²) in [6, 6.07) is 0. The number of carboxylic acid groups (broad SMARTS) is 1. The fourth-order valence-electron chi connectivity index (χ4n) is 8.90. The van der Waals surface area contributed by atoms with Crippen molar-refractivity contribution in [2.75, 3.05) is 0 Å². The van der Waals surface area contributed by atoms with E-state index in [9.17, 15) is 19.5 Å². The van der Waals surface area contributed by atoms with Gasteiger partial charge in [-0.15, -0.1) is 0 Å². The molecule has 0 unspecified atom stereocenters. The second-order valence-electron chi connectivity index (χ2n) is 13.3. The summed E-state index contributed by atoms with van der Waals surface area (Å²) < 4.78 is 0. The lowest BCUT2D eigenvalue weighted by Gasteiger charge is -2.60. The lowest BCUT2D eigenvalue weighted by atomic mass is 9.43. The monoisotopic (exact) mass is 468 g/mol. The first kappa shape index (κ1) is 25.4. The molecule has 0 spiro atoms. The van der Waals surface area contributed by atoms with Gasteiger partial charge in [0.15, 0.2) is 5.78 Å². The van der Waals surface area contributed by atoms with E-state index >= 15 is 0 Å². The number of carbonyl (C=O) groups excluding carboxylic acids is 2. The first-order chi connectivity index (χ1) is 15.7. The van der Waals surface area contributed by atoms with Crippen LogP contribution in [0, 0.1) is 39.4 Å². The Bertz CT molecular complexity index is 980. The van der Waals surface area contributed by atoms with Crippen molar-refractivity contribution in [2.24, 2.45) is 39.4 Å². The Morgan fingerprint density at radius 2 is 1.74 bits per heavy atom. The van der Waals surface area contributed by atoms with E-state index in [1.165, 1.54) is 11.1 Å². The van der Waals surface area contributed by atoms with Crippen molar-refractivity contribution in [1.82, 2.24) is 0 Å². The van der Waals surface area contributed by atoms with Crippen LogP contribution in [0.3, 0.4) is 0 Å². The molecule has 4 aliphatic rings. The third kappa shape index (κ3) is 3.41. The number of ketones is 2. The van der Waals surface area contributed by atoms with Crippen molar-refractivity contribution in [3.05, 3.63) is 22.8 Å². The molecule has 4 aliphatic carbocycles. The number of allylic oxidation sites excluding steroid dienone is 4. The van der Waals surface area contributed by atoms with Gasteiger partial charge in [-0.3, -0.25) is 14.4 Å². The summed E-state index contributed by atoms with van der Waals surface area (Å²) in [5.41, 5.74) is 2.50. The van der Waals surface area contributed by atoms with Crippen molar-refractivity contribution in [2.45, 2.75) is 106 Å². The fourth-order valence-corrected chi connectivity index (χ4v) is 8.90. The molecule has 0 radical (unpaired) electrons. The van der Waals surface area contributed by atoms with Gasteiger partial charge in [0.1, 0.15) is 5.78 Å². The van der Waals surface area contributed by atoms with Crippen LogP contribution in [0.5, 0.6) is 0 Å². The number of carbonyl (C=O) groups is 3. The fraction of sp³-hybridized carbons (Fsp3) is 0.767. The molecule has 4 rings (SSSR count). The van der Waals surface area contributed by atoms with E-state index in [1.807, 2.05) is 13.8 Å². The molecule has 1 N–H and O–H groups in total. The van der Waals surface area contributed by atoms with Crippen molar-refractivity contribution in [3.8, 4) is 0 Å². The largest absolute Gasteiger partial charge is 0.481 e. The molecule has 4 nitrogen and oxygen atoms in total. The van der Waals surface area contributed by atoms with E-state index in [0.29, 0.717) is 25.0 Å². The van der Waals surface area contributed by atoms with Gasteiger partial charge >= 0.3 is 5.97 Å². The Labute approximate surface area is 205 Å². The van der Waals surface area contributed by atoms with Gasteiger partial charge in [0.05, 0.1) is 5.92 Å². The SMILES string of the molecule is CC(C)=CCC[C@H](C(=O)O)[C@@H]1CC[C@]2(C)C3=C(CC[C@]12C)[C@]1(C)CCC(=O)C(C)(C)[C@H]1CC3=O. The molecule has 4 heteroatoms. The van der Waals surface area contributed by atoms with Crippen LogP contribution in [-0.2, 0) is 14.4 Å². The molecular weight excluding hydrogens is 424 g/mol. The molecule has 34 heavy (non-hydrogen) atoms. The topological polar surface area (TPSA) is 71.4 Å². The Balaban J connectivity index is 1.75. The van der Waals surface area contributed by atoms with Gasteiger partial charge in [-0.2, -0.15) is 0 Å². The van der Waals surface area contributed by atoms with Crippen LogP contribution in [0.15, 0.2) is 22.8 Å². The van der Waals surface area contributed by atoms with Crippen LogP contribution < -0.4 is 0 Å². The van der Waals surface area contributed by atoms with Gasteiger partial charge in [0, 0.05) is 29.2 Å². The van der Waals surface area contributed by atoms with Crippen LogP contribution in [0.4, 0.5) is 0 Å². The van der Waals surface area contributed by atoms with Crippen LogP contribution in [0.2, 0.25) is 0 Å².